The van der Waals surface area contributed by atoms with E-state index in [1.807, 2.05) is 0 Å². The van der Waals surface area contributed by atoms with Crippen LogP contribution in [0.3, 0.4) is 0 Å². The fourth-order valence-corrected chi connectivity index (χ4v) is 3.17. The van der Waals surface area contributed by atoms with Crippen molar-refractivity contribution in [3.05, 3.63) is 70.5 Å². The van der Waals surface area contributed by atoms with Crippen molar-refractivity contribution in [3.8, 4) is 16.3 Å². The van der Waals surface area contributed by atoms with Gasteiger partial charge in [-0.1, -0.05) is 24.3 Å². The molecule has 25 heavy (non-hydrogen) atoms. The molecule has 0 radical (unpaired) electrons. The Morgan fingerprint density at radius 2 is 1.72 bits per heavy atom. The highest BCUT2D eigenvalue weighted by Crippen LogP contribution is 2.33. The molecule has 7 heteroatoms. The largest absolute Gasteiger partial charge is 0.485 e. The van der Waals surface area contributed by atoms with Gasteiger partial charge in [0.05, 0.1) is 16.1 Å². The number of aromatic nitrogens is 1. The zero-order valence-corrected chi connectivity index (χ0v) is 13.9. The number of halogens is 4. The summed E-state index contributed by atoms with van der Waals surface area (Å²) in [5.74, 6) is -0.306. The molecule has 0 aliphatic rings. The van der Waals surface area contributed by atoms with Crippen molar-refractivity contribution in [3.63, 3.8) is 0 Å². The third kappa shape index (κ3) is 3.99. The molecule has 0 spiro atoms. The summed E-state index contributed by atoms with van der Waals surface area (Å²) in [5.41, 5.74) is 0.599. The van der Waals surface area contributed by atoms with Crippen LogP contribution in [0.2, 0.25) is 0 Å². The first-order valence-corrected chi connectivity index (χ1v) is 8.17. The maximum atomic E-state index is 13.6. The molecule has 0 N–H and O–H groups in total. The number of alkyl halides is 3. The minimum atomic E-state index is -4.36. The highest BCUT2D eigenvalue weighted by Gasteiger charge is 2.30. The van der Waals surface area contributed by atoms with E-state index in [4.69, 9.17) is 4.74 Å². The zero-order valence-electron chi connectivity index (χ0n) is 13.1. The van der Waals surface area contributed by atoms with Crippen molar-refractivity contribution in [2.45, 2.75) is 19.7 Å². The standard InChI is InChI=1S/C18H13F4NOS/c1-11-16(10-24-15-5-3-2-4-14(15)19)25-17(23-11)12-6-8-13(9-7-12)18(20,21)22/h2-9H,10H2,1H3. The summed E-state index contributed by atoms with van der Waals surface area (Å²) in [5, 5.41) is 0.596. The normalized spacial score (nSPS) is 11.6. The first kappa shape index (κ1) is 17.4. The molecule has 2 aromatic carbocycles. The van der Waals surface area contributed by atoms with Crippen LogP contribution in [-0.2, 0) is 12.8 Å². The van der Waals surface area contributed by atoms with Gasteiger partial charge >= 0.3 is 6.18 Å². The summed E-state index contributed by atoms with van der Waals surface area (Å²) >= 11 is 1.31. The molecular weight excluding hydrogens is 354 g/mol. The van der Waals surface area contributed by atoms with Crippen LogP contribution in [-0.4, -0.2) is 4.98 Å². The smallest absolute Gasteiger partial charge is 0.416 e. The fraction of sp³-hybridized carbons (Fsp3) is 0.167. The molecule has 1 aromatic heterocycles. The van der Waals surface area contributed by atoms with Crippen LogP contribution in [0.4, 0.5) is 17.6 Å². The molecular formula is C18H13F4NOS. The van der Waals surface area contributed by atoms with Gasteiger partial charge in [-0.05, 0) is 31.2 Å². The van der Waals surface area contributed by atoms with Crippen LogP contribution in [0, 0.1) is 12.7 Å². The van der Waals surface area contributed by atoms with Crippen molar-refractivity contribution in [2.24, 2.45) is 0 Å². The number of hydrogen-bond acceptors (Lipinski definition) is 3. The summed E-state index contributed by atoms with van der Waals surface area (Å²) in [7, 11) is 0. The Morgan fingerprint density at radius 1 is 1.04 bits per heavy atom. The number of ether oxygens (including phenoxy) is 1. The molecule has 0 atom stereocenters. The van der Waals surface area contributed by atoms with Crippen LogP contribution < -0.4 is 4.74 Å². The van der Waals surface area contributed by atoms with Gasteiger partial charge in [-0.15, -0.1) is 11.3 Å². The predicted octanol–water partition coefficient (Wildman–Crippen LogP) is 5.86. The molecule has 2 nitrogen and oxygen atoms in total. The lowest BCUT2D eigenvalue weighted by molar-refractivity contribution is -0.137. The maximum Gasteiger partial charge on any atom is 0.416 e. The van der Waals surface area contributed by atoms with E-state index in [2.05, 4.69) is 4.98 Å². The summed E-state index contributed by atoms with van der Waals surface area (Å²) in [4.78, 5) is 5.16. The molecule has 0 unspecified atom stereocenters. The fourth-order valence-electron chi connectivity index (χ4n) is 2.19. The molecule has 3 rings (SSSR count). The van der Waals surface area contributed by atoms with Gasteiger partial charge in [0.15, 0.2) is 11.6 Å². The highest BCUT2D eigenvalue weighted by atomic mass is 32.1. The summed E-state index contributed by atoms with van der Waals surface area (Å²) in [6.45, 7) is 1.93. The number of hydrogen-bond donors (Lipinski definition) is 0. The molecule has 0 amide bonds. The Morgan fingerprint density at radius 3 is 2.36 bits per heavy atom. The van der Waals surface area contributed by atoms with Gasteiger partial charge in [-0.3, -0.25) is 0 Å². The van der Waals surface area contributed by atoms with Crippen LogP contribution in [0.15, 0.2) is 48.5 Å². The number of aryl methyl sites for hydroxylation is 1. The lowest BCUT2D eigenvalue weighted by Gasteiger charge is -2.06. The SMILES string of the molecule is Cc1nc(-c2ccc(C(F)(F)F)cc2)sc1COc1ccccc1F. The zero-order chi connectivity index (χ0) is 18.0. The van der Waals surface area contributed by atoms with Crippen molar-refractivity contribution < 1.29 is 22.3 Å². The molecule has 0 bridgehead atoms. The molecule has 0 aliphatic carbocycles. The van der Waals surface area contributed by atoms with Gasteiger partial charge in [0.2, 0.25) is 0 Å². The molecule has 1 heterocycles. The van der Waals surface area contributed by atoms with Crippen LogP contribution in [0.1, 0.15) is 16.1 Å². The van der Waals surface area contributed by atoms with Gasteiger partial charge in [0.1, 0.15) is 11.6 Å². The second kappa shape index (κ2) is 6.84. The summed E-state index contributed by atoms with van der Waals surface area (Å²) < 4.78 is 56.9. The van der Waals surface area contributed by atoms with Crippen molar-refractivity contribution in [1.82, 2.24) is 4.98 Å². The van der Waals surface area contributed by atoms with E-state index in [9.17, 15) is 17.6 Å². The second-order valence-electron chi connectivity index (χ2n) is 5.32. The van der Waals surface area contributed by atoms with E-state index >= 15 is 0 Å². The van der Waals surface area contributed by atoms with Crippen molar-refractivity contribution >= 4 is 11.3 Å². The number of benzene rings is 2. The Balaban J connectivity index is 1.77. The molecule has 0 saturated carbocycles. The minimum Gasteiger partial charge on any atom is -0.485 e. The lowest BCUT2D eigenvalue weighted by Crippen LogP contribution is -2.03. The third-order valence-corrected chi connectivity index (χ3v) is 4.73. The molecule has 0 aliphatic heterocycles. The first-order chi connectivity index (χ1) is 11.8. The second-order valence-corrected chi connectivity index (χ2v) is 6.41. The van der Waals surface area contributed by atoms with Crippen molar-refractivity contribution in [2.75, 3.05) is 0 Å². The van der Waals surface area contributed by atoms with Crippen LogP contribution >= 0.6 is 11.3 Å². The number of rotatable bonds is 4. The Hall–Kier alpha value is -2.41. The molecule has 3 aromatic rings. The number of thiazole rings is 1. The number of para-hydroxylation sites is 1. The Bertz CT molecular complexity index is 872. The van der Waals surface area contributed by atoms with Gasteiger partial charge < -0.3 is 4.74 Å². The van der Waals surface area contributed by atoms with Crippen molar-refractivity contribution in [1.29, 1.82) is 0 Å². The van der Waals surface area contributed by atoms with Gasteiger partial charge in [0, 0.05) is 5.56 Å². The number of nitrogens with zero attached hydrogens (tertiary/aromatic N) is 1. The molecule has 0 fully saturated rings. The van der Waals surface area contributed by atoms with E-state index in [1.165, 1.54) is 35.6 Å². The highest BCUT2D eigenvalue weighted by molar-refractivity contribution is 7.15. The van der Waals surface area contributed by atoms with E-state index in [0.717, 1.165) is 17.0 Å². The first-order valence-electron chi connectivity index (χ1n) is 7.36. The quantitative estimate of drug-likeness (QED) is 0.539. The van der Waals surface area contributed by atoms with E-state index < -0.39 is 17.6 Å². The summed E-state index contributed by atoms with van der Waals surface area (Å²) in [6.07, 6.45) is -4.36. The third-order valence-electron chi connectivity index (χ3n) is 3.55. The topological polar surface area (TPSA) is 22.1 Å². The van der Waals surface area contributed by atoms with Crippen LogP contribution in [0.5, 0.6) is 5.75 Å². The van der Waals surface area contributed by atoms with E-state index in [1.54, 1.807) is 19.1 Å². The van der Waals surface area contributed by atoms with E-state index in [0.29, 0.717) is 16.3 Å². The van der Waals surface area contributed by atoms with Crippen LogP contribution in [0.25, 0.3) is 10.6 Å². The average Bonchev–Trinajstić information content (AvgIpc) is 2.94. The molecule has 130 valence electrons. The average molecular weight is 367 g/mol. The van der Waals surface area contributed by atoms with Gasteiger partial charge in [-0.2, -0.15) is 13.2 Å². The lowest BCUT2D eigenvalue weighted by atomic mass is 10.1. The Labute approximate surface area is 145 Å². The monoisotopic (exact) mass is 367 g/mol. The molecule has 0 saturated heterocycles. The predicted molar refractivity (Wildman–Crippen MR) is 88.0 cm³/mol. The van der Waals surface area contributed by atoms with E-state index in [-0.39, 0.29) is 12.4 Å². The van der Waals surface area contributed by atoms with Gasteiger partial charge in [0.25, 0.3) is 0 Å². The van der Waals surface area contributed by atoms with Gasteiger partial charge in [-0.25, -0.2) is 9.37 Å². The maximum absolute atomic E-state index is 13.6. The Kier molecular flexibility index (Phi) is 4.76. The summed E-state index contributed by atoms with van der Waals surface area (Å²) in [6, 6.07) is 10.9. The minimum absolute atomic E-state index is 0.144.